The van der Waals surface area contributed by atoms with Crippen LogP contribution >= 0.6 is 0 Å². The van der Waals surface area contributed by atoms with Crippen molar-refractivity contribution in [2.45, 2.75) is 69.4 Å². The third-order valence-corrected chi connectivity index (χ3v) is 8.81. The molecule has 2 saturated carbocycles. The fourth-order valence-electron chi connectivity index (χ4n) is 6.25. The first kappa shape index (κ1) is 25.6. The van der Waals surface area contributed by atoms with Gasteiger partial charge in [-0.1, -0.05) is 6.07 Å². The van der Waals surface area contributed by atoms with Crippen LogP contribution in [0.5, 0.6) is 0 Å². The predicted octanol–water partition coefficient (Wildman–Crippen LogP) is 4.07. The van der Waals surface area contributed by atoms with Gasteiger partial charge in [-0.2, -0.15) is 5.10 Å². The summed E-state index contributed by atoms with van der Waals surface area (Å²) >= 11 is 0. The van der Waals surface area contributed by atoms with Gasteiger partial charge in [-0.25, -0.2) is 0 Å². The second kappa shape index (κ2) is 10.2. The van der Waals surface area contributed by atoms with E-state index >= 15 is 0 Å². The van der Waals surface area contributed by atoms with Crippen molar-refractivity contribution < 1.29 is 19.2 Å². The van der Waals surface area contributed by atoms with Crippen molar-refractivity contribution in [2.24, 2.45) is 5.92 Å². The molecule has 1 saturated heterocycles. The van der Waals surface area contributed by atoms with Crippen molar-refractivity contribution in [1.82, 2.24) is 25.0 Å². The Morgan fingerprint density at radius 1 is 0.976 bits per heavy atom. The van der Waals surface area contributed by atoms with E-state index in [2.05, 4.69) is 44.8 Å². The van der Waals surface area contributed by atoms with Crippen LogP contribution in [0, 0.1) is 5.92 Å². The van der Waals surface area contributed by atoms with E-state index in [1.807, 2.05) is 6.20 Å². The van der Waals surface area contributed by atoms with Crippen molar-refractivity contribution in [3.05, 3.63) is 65.6 Å². The number of hydrogen-bond acceptors (Lipinski definition) is 7. The van der Waals surface area contributed by atoms with Crippen LogP contribution in [-0.2, 0) is 9.59 Å². The molecule has 4 heterocycles. The summed E-state index contributed by atoms with van der Waals surface area (Å²) in [5.41, 5.74) is 4.63. The molecule has 4 amide bonds. The molecule has 1 unspecified atom stereocenters. The molecular weight excluding hydrogens is 520 g/mol. The SMILES string of the molecule is O=C1CCC(N2C(=O)c3ccc(NCCCC4CC(n5cc(-c6cccc(C7CC7)n6)cn5)C4)cc3C2=O)C(=O)N1. The number of fused-ring (bicyclic) bond motifs is 1. The van der Waals surface area contributed by atoms with Crippen LogP contribution in [-0.4, -0.2) is 55.9 Å². The van der Waals surface area contributed by atoms with Crippen LogP contribution in [0.4, 0.5) is 5.69 Å². The van der Waals surface area contributed by atoms with Gasteiger partial charge < -0.3 is 5.32 Å². The molecule has 3 fully saturated rings. The molecule has 10 heteroatoms. The van der Waals surface area contributed by atoms with Crippen LogP contribution in [0.25, 0.3) is 11.3 Å². The van der Waals surface area contributed by atoms with Crippen molar-refractivity contribution >= 4 is 29.3 Å². The molecule has 3 aromatic rings. The lowest BCUT2D eigenvalue weighted by atomic mass is 9.77. The largest absolute Gasteiger partial charge is 0.385 e. The van der Waals surface area contributed by atoms with E-state index in [9.17, 15) is 19.2 Å². The predicted molar refractivity (Wildman–Crippen MR) is 150 cm³/mol. The first-order valence-corrected chi connectivity index (χ1v) is 14.6. The molecule has 1 aromatic carbocycles. The normalized spacial score (nSPS) is 23.8. The number of anilines is 1. The zero-order valence-corrected chi connectivity index (χ0v) is 22.7. The summed E-state index contributed by atoms with van der Waals surface area (Å²) in [4.78, 5) is 55.5. The Balaban J connectivity index is 0.881. The van der Waals surface area contributed by atoms with Crippen LogP contribution in [0.1, 0.15) is 89.7 Å². The molecule has 7 rings (SSSR count). The van der Waals surface area contributed by atoms with Gasteiger partial charge in [0, 0.05) is 42.0 Å². The number of benzene rings is 1. The lowest BCUT2D eigenvalue weighted by molar-refractivity contribution is -0.136. The maximum Gasteiger partial charge on any atom is 0.262 e. The average molecular weight is 553 g/mol. The van der Waals surface area contributed by atoms with Gasteiger partial charge in [-0.05, 0) is 81.2 Å². The second-order valence-electron chi connectivity index (χ2n) is 11.7. The second-order valence-corrected chi connectivity index (χ2v) is 11.7. The van der Waals surface area contributed by atoms with Gasteiger partial charge in [0.05, 0.1) is 29.1 Å². The van der Waals surface area contributed by atoms with Gasteiger partial charge in [-0.15, -0.1) is 0 Å². The monoisotopic (exact) mass is 552 g/mol. The minimum atomic E-state index is -0.952. The summed E-state index contributed by atoms with van der Waals surface area (Å²) in [5.74, 6) is -0.667. The summed E-state index contributed by atoms with van der Waals surface area (Å²) in [6.45, 7) is 0.758. The fourth-order valence-corrected chi connectivity index (χ4v) is 6.25. The number of aromatic nitrogens is 3. The number of nitrogens with zero attached hydrogens (tertiary/aromatic N) is 4. The van der Waals surface area contributed by atoms with Gasteiger partial charge in [0.25, 0.3) is 11.8 Å². The van der Waals surface area contributed by atoms with Gasteiger partial charge in [0.1, 0.15) is 6.04 Å². The van der Waals surface area contributed by atoms with Gasteiger partial charge in [0.2, 0.25) is 11.8 Å². The summed E-state index contributed by atoms with van der Waals surface area (Å²) in [6, 6.07) is 10.9. The Morgan fingerprint density at radius 3 is 2.61 bits per heavy atom. The molecule has 210 valence electrons. The number of rotatable bonds is 9. The summed E-state index contributed by atoms with van der Waals surface area (Å²) in [5, 5.41) is 10.2. The topological polar surface area (TPSA) is 126 Å². The number of imide groups is 2. The van der Waals surface area contributed by atoms with Crippen molar-refractivity contribution in [3.63, 3.8) is 0 Å². The van der Waals surface area contributed by atoms with E-state index in [1.54, 1.807) is 18.2 Å². The van der Waals surface area contributed by atoms with E-state index in [4.69, 9.17) is 4.98 Å². The molecule has 41 heavy (non-hydrogen) atoms. The highest BCUT2D eigenvalue weighted by molar-refractivity contribution is 6.23. The van der Waals surface area contributed by atoms with Crippen LogP contribution in [0.3, 0.4) is 0 Å². The number of amides is 4. The molecule has 2 aromatic heterocycles. The number of carbonyl (C=O) groups excluding carboxylic acids is 4. The number of pyridine rings is 1. The van der Waals surface area contributed by atoms with Crippen molar-refractivity contribution in [1.29, 1.82) is 0 Å². The molecular formula is C31H32N6O4. The van der Waals surface area contributed by atoms with E-state index in [0.717, 1.165) is 54.1 Å². The van der Waals surface area contributed by atoms with Crippen LogP contribution in [0.2, 0.25) is 0 Å². The third-order valence-electron chi connectivity index (χ3n) is 8.81. The third kappa shape index (κ3) is 4.92. The molecule has 2 aliphatic carbocycles. The smallest absolute Gasteiger partial charge is 0.262 e. The lowest BCUT2D eigenvalue weighted by Gasteiger charge is -2.35. The Kier molecular flexibility index (Phi) is 6.40. The standard InChI is InChI=1S/C31H32N6O4/c38-28-11-10-27(29(39)35-28)37-30(40)23-9-8-21(15-24(23)31(37)41)32-12-2-3-18-13-22(14-18)36-17-20(16-33-36)26-5-1-4-25(34-26)19-6-7-19/h1,4-5,8-9,15-19,22,27,32H,2-3,6-7,10-14H2,(H,35,38,39). The zero-order valence-electron chi connectivity index (χ0n) is 22.7. The quantitative estimate of drug-likeness (QED) is 0.303. The molecule has 1 atom stereocenters. The Bertz CT molecular complexity index is 1550. The number of piperidine rings is 1. The van der Waals surface area contributed by atoms with Crippen molar-refractivity contribution in [3.8, 4) is 11.3 Å². The van der Waals surface area contributed by atoms with Gasteiger partial charge in [0.15, 0.2) is 0 Å². The Labute approximate surface area is 237 Å². The molecule has 0 radical (unpaired) electrons. The van der Waals surface area contributed by atoms with Crippen molar-refractivity contribution in [2.75, 3.05) is 11.9 Å². The van der Waals surface area contributed by atoms with E-state index < -0.39 is 23.8 Å². The van der Waals surface area contributed by atoms with E-state index in [1.165, 1.54) is 18.5 Å². The van der Waals surface area contributed by atoms with Gasteiger partial charge in [-0.3, -0.25) is 39.1 Å². The number of hydrogen-bond donors (Lipinski definition) is 2. The molecule has 4 aliphatic rings. The fraction of sp³-hybridized carbons (Fsp3) is 0.419. The minimum absolute atomic E-state index is 0.105. The zero-order chi connectivity index (χ0) is 28.1. The summed E-state index contributed by atoms with van der Waals surface area (Å²) in [7, 11) is 0. The maximum atomic E-state index is 13.0. The van der Waals surface area contributed by atoms with E-state index in [-0.39, 0.29) is 18.7 Å². The Hall–Kier alpha value is -4.34. The first-order chi connectivity index (χ1) is 19.9. The maximum absolute atomic E-state index is 13.0. The average Bonchev–Trinajstić information content (AvgIpc) is 3.64. The summed E-state index contributed by atoms with van der Waals surface area (Å²) < 4.78 is 2.09. The highest BCUT2D eigenvalue weighted by atomic mass is 16.2. The molecule has 0 bridgehead atoms. The lowest BCUT2D eigenvalue weighted by Crippen LogP contribution is -2.54. The van der Waals surface area contributed by atoms with E-state index in [0.29, 0.717) is 29.0 Å². The summed E-state index contributed by atoms with van der Waals surface area (Å²) in [6.07, 6.45) is 11.1. The highest BCUT2D eigenvalue weighted by Crippen LogP contribution is 2.41. The first-order valence-electron chi connectivity index (χ1n) is 14.6. The van der Waals surface area contributed by atoms with Gasteiger partial charge >= 0.3 is 0 Å². The van der Waals surface area contributed by atoms with Crippen LogP contribution in [0.15, 0.2) is 48.8 Å². The molecule has 0 spiro atoms. The van der Waals surface area contributed by atoms with Crippen LogP contribution < -0.4 is 10.6 Å². The molecule has 10 nitrogen and oxygen atoms in total. The number of nitrogens with one attached hydrogen (secondary N) is 2. The minimum Gasteiger partial charge on any atom is -0.385 e. The Morgan fingerprint density at radius 2 is 1.80 bits per heavy atom. The number of carbonyl (C=O) groups is 4. The molecule has 2 aliphatic heterocycles. The highest BCUT2D eigenvalue weighted by Gasteiger charge is 2.44. The molecule has 2 N–H and O–H groups in total.